The summed E-state index contributed by atoms with van der Waals surface area (Å²) in [6.45, 7) is 1.94. The second-order valence-corrected chi connectivity index (χ2v) is 3.89. The summed E-state index contributed by atoms with van der Waals surface area (Å²) in [7, 11) is 0. The summed E-state index contributed by atoms with van der Waals surface area (Å²) in [5.41, 5.74) is 1.93. The molecule has 0 aliphatic heterocycles. The average molecular weight is 241 g/mol. The van der Waals surface area contributed by atoms with Crippen LogP contribution in [0.3, 0.4) is 0 Å². The van der Waals surface area contributed by atoms with Crippen molar-refractivity contribution >= 4 is 23.2 Å². The molecule has 0 atom stereocenters. The van der Waals surface area contributed by atoms with Gasteiger partial charge < -0.3 is 4.57 Å². The molecule has 78 valence electrons. The van der Waals surface area contributed by atoms with Gasteiger partial charge in [-0.15, -0.1) is 11.6 Å². The molecule has 1 heterocycles. The molecule has 0 saturated carbocycles. The van der Waals surface area contributed by atoms with Gasteiger partial charge in [-0.05, 0) is 19.1 Å². The minimum absolute atomic E-state index is 0.395. The Kier molecular flexibility index (Phi) is 2.98. The maximum atomic E-state index is 6.08. The van der Waals surface area contributed by atoms with Crippen LogP contribution in [-0.4, -0.2) is 9.55 Å². The number of hydrogen-bond acceptors (Lipinski definition) is 1. The first kappa shape index (κ1) is 10.5. The molecule has 0 fully saturated rings. The normalized spacial score (nSPS) is 10.6. The van der Waals surface area contributed by atoms with E-state index in [4.69, 9.17) is 23.2 Å². The van der Waals surface area contributed by atoms with Crippen LogP contribution in [0.25, 0.3) is 5.69 Å². The van der Waals surface area contributed by atoms with Crippen molar-refractivity contribution in [3.8, 4) is 5.69 Å². The van der Waals surface area contributed by atoms with E-state index < -0.39 is 0 Å². The van der Waals surface area contributed by atoms with Gasteiger partial charge in [0.05, 0.1) is 11.6 Å². The second-order valence-electron chi connectivity index (χ2n) is 3.22. The fourth-order valence-electron chi connectivity index (χ4n) is 1.54. The van der Waals surface area contributed by atoms with Crippen LogP contribution in [0.1, 0.15) is 11.4 Å². The molecular weight excluding hydrogens is 231 g/mol. The maximum absolute atomic E-state index is 6.08. The van der Waals surface area contributed by atoms with E-state index in [1.54, 1.807) is 6.20 Å². The Morgan fingerprint density at radius 2 is 2.20 bits per heavy atom. The lowest BCUT2D eigenvalue weighted by Crippen LogP contribution is -2.00. The maximum Gasteiger partial charge on any atom is 0.110 e. The van der Waals surface area contributed by atoms with Gasteiger partial charge in [0, 0.05) is 23.0 Å². The highest BCUT2D eigenvalue weighted by atomic mass is 35.5. The summed E-state index contributed by atoms with van der Waals surface area (Å²) in [5.74, 6) is 1.32. The molecule has 1 aromatic heterocycles. The van der Waals surface area contributed by atoms with Crippen LogP contribution in [0, 0.1) is 6.92 Å². The predicted octanol–water partition coefficient (Wildman–Crippen LogP) is 3.57. The van der Waals surface area contributed by atoms with Gasteiger partial charge in [-0.25, -0.2) is 4.98 Å². The molecule has 2 nitrogen and oxygen atoms in total. The van der Waals surface area contributed by atoms with Gasteiger partial charge in [-0.3, -0.25) is 0 Å². The van der Waals surface area contributed by atoms with E-state index in [2.05, 4.69) is 4.98 Å². The highest BCUT2D eigenvalue weighted by molar-refractivity contribution is 6.32. The van der Waals surface area contributed by atoms with Crippen molar-refractivity contribution in [2.45, 2.75) is 12.8 Å². The number of rotatable bonds is 2. The molecule has 2 rings (SSSR count). The van der Waals surface area contributed by atoms with E-state index in [1.165, 1.54) is 0 Å². The largest absolute Gasteiger partial charge is 0.304 e. The zero-order valence-electron chi connectivity index (χ0n) is 8.24. The van der Waals surface area contributed by atoms with Crippen molar-refractivity contribution in [3.05, 3.63) is 47.0 Å². The van der Waals surface area contributed by atoms with Crippen LogP contribution in [0.4, 0.5) is 0 Å². The van der Waals surface area contributed by atoms with Crippen LogP contribution >= 0.6 is 23.2 Å². The Hall–Kier alpha value is -0.990. The van der Waals surface area contributed by atoms with E-state index in [0.29, 0.717) is 10.9 Å². The summed E-state index contributed by atoms with van der Waals surface area (Å²) in [5, 5.41) is 0.690. The highest BCUT2D eigenvalue weighted by Gasteiger charge is 2.08. The molecule has 0 aliphatic rings. The van der Waals surface area contributed by atoms with E-state index in [-0.39, 0.29) is 0 Å². The van der Waals surface area contributed by atoms with E-state index in [9.17, 15) is 0 Å². The van der Waals surface area contributed by atoms with Crippen molar-refractivity contribution in [1.82, 2.24) is 9.55 Å². The van der Waals surface area contributed by atoms with Gasteiger partial charge in [-0.1, -0.05) is 17.7 Å². The Labute approximate surface area is 98.5 Å². The minimum Gasteiger partial charge on any atom is -0.304 e. The zero-order valence-corrected chi connectivity index (χ0v) is 9.76. The summed E-state index contributed by atoms with van der Waals surface area (Å²) >= 11 is 12.0. The summed E-state index contributed by atoms with van der Waals surface area (Å²) in [6, 6.07) is 5.74. The Balaban J connectivity index is 2.63. The first-order valence-corrected chi connectivity index (χ1v) is 5.49. The number of halogens is 2. The summed E-state index contributed by atoms with van der Waals surface area (Å²) < 4.78 is 1.98. The molecule has 15 heavy (non-hydrogen) atoms. The predicted molar refractivity (Wildman–Crippen MR) is 62.9 cm³/mol. The number of alkyl halides is 1. The molecule has 2 aromatic rings. The number of hydrogen-bond donors (Lipinski definition) is 0. The third-order valence-corrected chi connectivity index (χ3v) is 2.93. The number of benzene rings is 1. The molecule has 1 aromatic carbocycles. The van der Waals surface area contributed by atoms with Crippen molar-refractivity contribution in [2.24, 2.45) is 0 Å². The second kappa shape index (κ2) is 4.25. The molecule has 4 heteroatoms. The molecule has 0 radical (unpaired) electrons. The first-order chi connectivity index (χ1) is 7.24. The minimum atomic E-state index is 0.395. The van der Waals surface area contributed by atoms with Gasteiger partial charge >= 0.3 is 0 Å². The molecule has 0 spiro atoms. The molecule has 0 bridgehead atoms. The smallest absolute Gasteiger partial charge is 0.110 e. The van der Waals surface area contributed by atoms with Crippen LogP contribution < -0.4 is 0 Å². The summed E-state index contributed by atoms with van der Waals surface area (Å²) in [4.78, 5) is 4.17. The quantitative estimate of drug-likeness (QED) is 0.735. The van der Waals surface area contributed by atoms with Crippen molar-refractivity contribution in [3.63, 3.8) is 0 Å². The van der Waals surface area contributed by atoms with Gasteiger partial charge in [-0.2, -0.15) is 0 Å². The Morgan fingerprint density at radius 3 is 2.80 bits per heavy atom. The van der Waals surface area contributed by atoms with Gasteiger partial charge in [0.2, 0.25) is 0 Å². The molecule has 0 amide bonds. The lowest BCUT2D eigenvalue weighted by Gasteiger charge is -2.11. The zero-order chi connectivity index (χ0) is 10.8. The van der Waals surface area contributed by atoms with Gasteiger partial charge in [0.15, 0.2) is 0 Å². The van der Waals surface area contributed by atoms with E-state index in [1.807, 2.05) is 35.9 Å². The first-order valence-electron chi connectivity index (χ1n) is 4.57. The van der Waals surface area contributed by atoms with E-state index >= 15 is 0 Å². The third-order valence-electron chi connectivity index (χ3n) is 2.31. The molecule has 0 saturated heterocycles. The number of nitrogens with zero attached hydrogens (tertiary/aromatic N) is 2. The third kappa shape index (κ3) is 1.87. The standard InChI is InChI=1S/C11H10Cl2N2/c1-8-14-5-6-15(8)11-4-2-3-10(13)9(11)7-12/h2-6H,7H2,1H3. The fraction of sp³-hybridized carbons (Fsp3) is 0.182. The molecule has 0 unspecified atom stereocenters. The molecular formula is C11H10Cl2N2. The van der Waals surface area contributed by atoms with Gasteiger partial charge in [0.25, 0.3) is 0 Å². The lowest BCUT2D eigenvalue weighted by molar-refractivity contribution is 0.962. The Morgan fingerprint density at radius 1 is 1.40 bits per heavy atom. The summed E-state index contributed by atoms with van der Waals surface area (Å²) in [6.07, 6.45) is 3.66. The molecule has 0 aliphatic carbocycles. The fourth-order valence-corrected chi connectivity index (χ4v) is 2.12. The van der Waals surface area contributed by atoms with Crippen LogP contribution in [-0.2, 0) is 5.88 Å². The van der Waals surface area contributed by atoms with Crippen LogP contribution in [0.15, 0.2) is 30.6 Å². The lowest BCUT2D eigenvalue weighted by atomic mass is 10.2. The topological polar surface area (TPSA) is 17.8 Å². The van der Waals surface area contributed by atoms with Gasteiger partial charge in [0.1, 0.15) is 5.82 Å². The van der Waals surface area contributed by atoms with Crippen molar-refractivity contribution < 1.29 is 0 Å². The van der Waals surface area contributed by atoms with Crippen LogP contribution in [0.5, 0.6) is 0 Å². The van der Waals surface area contributed by atoms with Crippen LogP contribution in [0.2, 0.25) is 5.02 Å². The number of imidazole rings is 1. The number of aromatic nitrogens is 2. The van der Waals surface area contributed by atoms with Crippen molar-refractivity contribution in [2.75, 3.05) is 0 Å². The molecule has 0 N–H and O–H groups in total. The SMILES string of the molecule is Cc1nccn1-c1cccc(Cl)c1CCl. The van der Waals surface area contributed by atoms with Crippen molar-refractivity contribution in [1.29, 1.82) is 0 Å². The monoisotopic (exact) mass is 240 g/mol. The highest BCUT2D eigenvalue weighted by Crippen LogP contribution is 2.25. The van der Waals surface area contributed by atoms with E-state index in [0.717, 1.165) is 17.1 Å². The average Bonchev–Trinajstić information content (AvgIpc) is 2.64. The Bertz CT molecular complexity index is 477. The number of aryl methyl sites for hydroxylation is 1.